The Hall–Kier alpha value is -2.74. The quantitative estimate of drug-likeness (QED) is 0.523. The van der Waals surface area contributed by atoms with Crippen molar-refractivity contribution in [2.75, 3.05) is 30.3 Å². The van der Waals surface area contributed by atoms with E-state index >= 15 is 0 Å². The van der Waals surface area contributed by atoms with Gasteiger partial charge in [-0.15, -0.1) is 0 Å². The van der Waals surface area contributed by atoms with Gasteiger partial charge in [0.2, 0.25) is 10.0 Å². The highest BCUT2D eigenvalue weighted by molar-refractivity contribution is 7.92. The number of ether oxygens (including phenoxy) is 2. The first kappa shape index (κ1) is 24.9. The van der Waals surface area contributed by atoms with Crippen LogP contribution >= 0.6 is 0 Å². The Morgan fingerprint density at radius 2 is 1.76 bits per heavy atom. The van der Waals surface area contributed by atoms with Gasteiger partial charge >= 0.3 is 0 Å². The summed E-state index contributed by atoms with van der Waals surface area (Å²) in [4.78, 5) is 12.5. The Morgan fingerprint density at radius 1 is 1.06 bits per heavy atom. The molecule has 3 rings (SSSR count). The van der Waals surface area contributed by atoms with Crippen molar-refractivity contribution in [3.8, 4) is 11.5 Å². The van der Waals surface area contributed by atoms with Crippen LogP contribution in [-0.2, 0) is 16.6 Å². The number of carbonyl (C=O) groups is 1. The predicted octanol–water partition coefficient (Wildman–Crippen LogP) is 4.37. The van der Waals surface area contributed by atoms with Crippen molar-refractivity contribution in [2.24, 2.45) is 5.92 Å². The van der Waals surface area contributed by atoms with Crippen molar-refractivity contribution >= 4 is 21.6 Å². The van der Waals surface area contributed by atoms with Crippen LogP contribution in [0.2, 0.25) is 0 Å². The number of carbonyl (C=O) groups excluding carboxylic acids is 1. The Labute approximate surface area is 197 Å². The number of hydrogen-bond acceptors (Lipinski definition) is 5. The lowest BCUT2D eigenvalue weighted by atomic mass is 9.99. The SMILES string of the molecule is CCCC[C@@H](CC)CNC(=O)c1ccc(CN(c2ccc3c(c2)OCCO3)S(C)(=O)=O)cc1. The van der Waals surface area contributed by atoms with Gasteiger partial charge in [0.25, 0.3) is 5.91 Å². The number of nitrogens with zero attached hydrogens (tertiary/aromatic N) is 1. The number of fused-ring (bicyclic) bond motifs is 1. The molecule has 0 radical (unpaired) electrons. The Kier molecular flexibility index (Phi) is 8.61. The summed E-state index contributed by atoms with van der Waals surface area (Å²) in [7, 11) is -3.54. The molecular weight excluding hydrogens is 440 g/mol. The van der Waals surface area contributed by atoms with Gasteiger partial charge in [-0.25, -0.2) is 8.42 Å². The lowest BCUT2D eigenvalue weighted by molar-refractivity contribution is 0.0946. The van der Waals surface area contributed by atoms with Crippen LogP contribution in [0.15, 0.2) is 42.5 Å². The molecule has 0 saturated heterocycles. The third kappa shape index (κ3) is 6.87. The summed E-state index contributed by atoms with van der Waals surface area (Å²) in [5, 5.41) is 3.03. The minimum atomic E-state index is -3.54. The summed E-state index contributed by atoms with van der Waals surface area (Å²) in [6, 6.07) is 12.2. The average Bonchev–Trinajstić information content (AvgIpc) is 2.82. The molecule has 1 atom stereocenters. The maximum absolute atomic E-state index is 12.5. The predicted molar refractivity (Wildman–Crippen MR) is 131 cm³/mol. The topological polar surface area (TPSA) is 84.9 Å². The molecule has 180 valence electrons. The largest absolute Gasteiger partial charge is 0.486 e. The molecule has 33 heavy (non-hydrogen) atoms. The second-order valence-electron chi connectivity index (χ2n) is 8.42. The van der Waals surface area contributed by atoms with Crippen molar-refractivity contribution in [1.29, 1.82) is 0 Å². The van der Waals surface area contributed by atoms with Gasteiger partial charge in [-0.3, -0.25) is 9.10 Å². The molecule has 0 unspecified atom stereocenters. The summed E-state index contributed by atoms with van der Waals surface area (Å²) >= 11 is 0. The lowest BCUT2D eigenvalue weighted by Gasteiger charge is -2.25. The number of unbranched alkanes of at least 4 members (excludes halogenated alkanes) is 1. The van der Waals surface area contributed by atoms with Crippen molar-refractivity contribution in [3.63, 3.8) is 0 Å². The van der Waals surface area contributed by atoms with Gasteiger partial charge in [-0.1, -0.05) is 45.2 Å². The van der Waals surface area contributed by atoms with Gasteiger partial charge in [0.05, 0.1) is 18.5 Å². The molecular formula is C25H34N2O5S. The molecule has 2 aromatic carbocycles. The molecule has 1 aliphatic rings. The van der Waals surface area contributed by atoms with Crippen LogP contribution < -0.4 is 19.1 Å². The first-order valence-electron chi connectivity index (χ1n) is 11.6. The zero-order valence-electron chi connectivity index (χ0n) is 19.7. The Bertz CT molecular complexity index is 1040. The van der Waals surface area contributed by atoms with Crippen LogP contribution in [-0.4, -0.2) is 40.3 Å². The van der Waals surface area contributed by atoms with Crippen molar-refractivity contribution in [3.05, 3.63) is 53.6 Å². The second-order valence-corrected chi connectivity index (χ2v) is 10.3. The highest BCUT2D eigenvalue weighted by Gasteiger charge is 2.21. The molecule has 0 aliphatic carbocycles. The van der Waals surface area contributed by atoms with E-state index in [1.807, 2.05) is 0 Å². The minimum absolute atomic E-state index is 0.108. The zero-order chi connectivity index (χ0) is 23.8. The fourth-order valence-electron chi connectivity index (χ4n) is 3.80. The van der Waals surface area contributed by atoms with Gasteiger partial charge in [0.1, 0.15) is 13.2 Å². The number of sulfonamides is 1. The van der Waals surface area contributed by atoms with Crippen LogP contribution in [0.3, 0.4) is 0 Å². The zero-order valence-corrected chi connectivity index (χ0v) is 20.5. The third-order valence-electron chi connectivity index (χ3n) is 5.85. The molecule has 8 heteroatoms. The fraction of sp³-hybridized carbons (Fsp3) is 0.480. The monoisotopic (exact) mass is 474 g/mol. The van der Waals surface area contributed by atoms with Gasteiger partial charge in [0.15, 0.2) is 11.5 Å². The molecule has 7 nitrogen and oxygen atoms in total. The normalized spacial score (nSPS) is 13.9. The molecule has 0 aromatic heterocycles. The molecule has 2 aromatic rings. The van der Waals surface area contributed by atoms with E-state index in [1.54, 1.807) is 42.5 Å². The van der Waals surface area contributed by atoms with Gasteiger partial charge in [-0.05, 0) is 42.2 Å². The summed E-state index contributed by atoms with van der Waals surface area (Å²) < 4.78 is 37.5. The van der Waals surface area contributed by atoms with E-state index in [0.717, 1.165) is 24.8 Å². The Balaban J connectivity index is 1.68. The van der Waals surface area contributed by atoms with Crippen LogP contribution in [0.1, 0.15) is 55.5 Å². The maximum Gasteiger partial charge on any atom is 0.251 e. The Morgan fingerprint density at radius 3 is 2.39 bits per heavy atom. The molecule has 1 N–H and O–H groups in total. The number of nitrogens with one attached hydrogen (secondary N) is 1. The lowest BCUT2D eigenvalue weighted by Crippen LogP contribution is -2.30. The van der Waals surface area contributed by atoms with Crippen molar-refractivity contribution in [2.45, 2.75) is 46.1 Å². The highest BCUT2D eigenvalue weighted by Crippen LogP contribution is 2.35. The second kappa shape index (κ2) is 11.4. The van der Waals surface area contributed by atoms with Crippen LogP contribution in [0, 0.1) is 5.92 Å². The van der Waals surface area contributed by atoms with E-state index in [1.165, 1.54) is 17.0 Å². The van der Waals surface area contributed by atoms with E-state index in [-0.39, 0.29) is 12.5 Å². The summed E-state index contributed by atoms with van der Waals surface area (Å²) in [5.74, 6) is 1.52. The molecule has 1 aliphatic heterocycles. The molecule has 0 saturated carbocycles. The minimum Gasteiger partial charge on any atom is -0.486 e. The number of rotatable bonds is 11. The number of amides is 1. The van der Waals surface area contributed by atoms with E-state index in [4.69, 9.17) is 9.47 Å². The third-order valence-corrected chi connectivity index (χ3v) is 6.99. The molecule has 1 heterocycles. The number of hydrogen-bond donors (Lipinski definition) is 1. The number of anilines is 1. The fourth-order valence-corrected chi connectivity index (χ4v) is 4.68. The average molecular weight is 475 g/mol. The summed E-state index contributed by atoms with van der Waals surface area (Å²) in [6.45, 7) is 6.04. The van der Waals surface area contributed by atoms with Gasteiger partial charge < -0.3 is 14.8 Å². The maximum atomic E-state index is 12.5. The standard InChI is InChI=1S/C25H34N2O5S/c1-4-6-7-19(5-2)17-26-25(28)21-10-8-20(9-11-21)18-27(33(3,29)30)22-12-13-23-24(16-22)32-15-14-31-23/h8-13,16,19H,4-7,14-15,17-18H2,1-3H3,(H,26,28)/t19-/m1/s1. The first-order valence-corrected chi connectivity index (χ1v) is 13.4. The first-order chi connectivity index (χ1) is 15.8. The molecule has 0 spiro atoms. The summed E-state index contributed by atoms with van der Waals surface area (Å²) in [6.07, 6.45) is 5.66. The van der Waals surface area contributed by atoms with Crippen molar-refractivity contribution < 1.29 is 22.7 Å². The van der Waals surface area contributed by atoms with Crippen molar-refractivity contribution in [1.82, 2.24) is 5.32 Å². The van der Waals surface area contributed by atoms with E-state index in [9.17, 15) is 13.2 Å². The summed E-state index contributed by atoms with van der Waals surface area (Å²) in [5.41, 5.74) is 1.84. The highest BCUT2D eigenvalue weighted by atomic mass is 32.2. The molecule has 0 bridgehead atoms. The van der Waals surface area contributed by atoms with Crippen LogP contribution in [0.4, 0.5) is 5.69 Å². The van der Waals surface area contributed by atoms with Crippen LogP contribution in [0.25, 0.3) is 0 Å². The van der Waals surface area contributed by atoms with E-state index < -0.39 is 10.0 Å². The van der Waals surface area contributed by atoms with E-state index in [2.05, 4.69) is 19.2 Å². The number of benzene rings is 2. The van der Waals surface area contributed by atoms with Gasteiger partial charge in [-0.2, -0.15) is 0 Å². The molecule has 1 amide bonds. The van der Waals surface area contributed by atoms with Crippen LogP contribution in [0.5, 0.6) is 11.5 Å². The smallest absolute Gasteiger partial charge is 0.251 e. The van der Waals surface area contributed by atoms with Gasteiger partial charge in [0, 0.05) is 18.2 Å². The molecule has 0 fully saturated rings. The van der Waals surface area contributed by atoms with E-state index in [0.29, 0.717) is 48.4 Å².